The molecular formula is C20H21F3N2O3. The maximum atomic E-state index is 13.0. The zero-order valence-electron chi connectivity index (χ0n) is 15.2. The summed E-state index contributed by atoms with van der Waals surface area (Å²) in [6, 6.07) is 9.76. The number of likely N-dealkylation sites (tertiary alicyclic amines) is 1. The van der Waals surface area contributed by atoms with Gasteiger partial charge in [0.1, 0.15) is 18.5 Å². The lowest BCUT2D eigenvalue weighted by atomic mass is 10.2. The Morgan fingerprint density at radius 3 is 2.68 bits per heavy atom. The minimum atomic E-state index is -4.56. The highest BCUT2D eigenvalue weighted by Crippen LogP contribution is 2.35. The number of hydrogen-bond donors (Lipinski definition) is 1. The summed E-state index contributed by atoms with van der Waals surface area (Å²) in [5.41, 5.74) is 0.501. The van der Waals surface area contributed by atoms with Gasteiger partial charge in [0.15, 0.2) is 11.4 Å². The molecule has 1 saturated heterocycles. The van der Waals surface area contributed by atoms with E-state index < -0.39 is 11.9 Å². The van der Waals surface area contributed by atoms with Crippen molar-refractivity contribution in [3.63, 3.8) is 0 Å². The van der Waals surface area contributed by atoms with Crippen molar-refractivity contribution >= 4 is 0 Å². The van der Waals surface area contributed by atoms with Crippen LogP contribution in [0, 0.1) is 0 Å². The van der Waals surface area contributed by atoms with Gasteiger partial charge in [-0.25, -0.2) is 4.98 Å². The second-order valence-electron chi connectivity index (χ2n) is 6.48. The number of alkyl halides is 3. The monoisotopic (exact) mass is 394 g/mol. The Balaban J connectivity index is 1.53. The number of rotatable bonds is 7. The van der Waals surface area contributed by atoms with Crippen molar-refractivity contribution in [2.45, 2.75) is 25.3 Å². The van der Waals surface area contributed by atoms with Crippen molar-refractivity contribution < 1.29 is 27.8 Å². The predicted octanol–water partition coefficient (Wildman–Crippen LogP) is 3.64. The average molecular weight is 394 g/mol. The standard InChI is InChI=1S/C20H21F3N2O3/c1-14(13-27-16-6-4-15(12-26)5-7-16)25-10-8-17(11-25)28-18-3-2-9-24-19(18)20(21,22)23/h2-7,9,17,26H,1,8,10-13H2. The normalized spacial score (nSPS) is 16.9. The summed E-state index contributed by atoms with van der Waals surface area (Å²) in [5, 5.41) is 9.04. The van der Waals surface area contributed by atoms with E-state index in [0.29, 0.717) is 25.3 Å². The number of aliphatic hydroxyl groups is 1. The van der Waals surface area contributed by atoms with Gasteiger partial charge in [-0.15, -0.1) is 0 Å². The van der Waals surface area contributed by atoms with Crippen LogP contribution in [0.5, 0.6) is 11.5 Å². The molecule has 150 valence electrons. The van der Waals surface area contributed by atoms with Crippen LogP contribution in [0.25, 0.3) is 0 Å². The van der Waals surface area contributed by atoms with E-state index >= 15 is 0 Å². The Bertz CT molecular complexity index is 809. The largest absolute Gasteiger partial charge is 0.487 e. The maximum absolute atomic E-state index is 13.0. The molecule has 0 amide bonds. The van der Waals surface area contributed by atoms with E-state index in [4.69, 9.17) is 14.6 Å². The van der Waals surface area contributed by atoms with E-state index in [-0.39, 0.29) is 25.1 Å². The first kappa shape index (κ1) is 20.0. The number of ether oxygens (including phenoxy) is 2. The molecule has 0 saturated carbocycles. The van der Waals surface area contributed by atoms with Crippen LogP contribution >= 0.6 is 0 Å². The third-order valence-electron chi connectivity index (χ3n) is 4.44. The van der Waals surface area contributed by atoms with Crippen molar-refractivity contribution in [1.82, 2.24) is 9.88 Å². The number of hydrogen-bond acceptors (Lipinski definition) is 5. The van der Waals surface area contributed by atoms with Crippen molar-refractivity contribution in [1.29, 1.82) is 0 Å². The van der Waals surface area contributed by atoms with Gasteiger partial charge in [0, 0.05) is 24.9 Å². The summed E-state index contributed by atoms with van der Waals surface area (Å²) in [6.45, 7) is 5.27. The summed E-state index contributed by atoms with van der Waals surface area (Å²) in [6.07, 6.45) is -3.26. The third-order valence-corrected chi connectivity index (χ3v) is 4.44. The van der Waals surface area contributed by atoms with Crippen LogP contribution in [0.4, 0.5) is 13.2 Å². The molecule has 3 rings (SSSR count). The third kappa shape index (κ3) is 4.95. The van der Waals surface area contributed by atoms with Gasteiger partial charge in [-0.3, -0.25) is 0 Å². The smallest absolute Gasteiger partial charge is 0.437 e. The molecule has 1 aromatic carbocycles. The highest BCUT2D eigenvalue weighted by atomic mass is 19.4. The summed E-state index contributed by atoms with van der Waals surface area (Å²) in [4.78, 5) is 5.35. The van der Waals surface area contributed by atoms with Crippen molar-refractivity contribution in [3.05, 3.63) is 66.1 Å². The molecular weight excluding hydrogens is 373 g/mol. The van der Waals surface area contributed by atoms with Gasteiger partial charge in [0.05, 0.1) is 13.2 Å². The van der Waals surface area contributed by atoms with Crippen LogP contribution in [0.15, 0.2) is 54.9 Å². The van der Waals surface area contributed by atoms with Crippen LogP contribution in [0.2, 0.25) is 0 Å². The first-order chi connectivity index (χ1) is 13.4. The fraction of sp³-hybridized carbons (Fsp3) is 0.350. The summed E-state index contributed by atoms with van der Waals surface area (Å²) in [7, 11) is 0. The van der Waals surface area contributed by atoms with E-state index in [1.165, 1.54) is 12.1 Å². The molecule has 1 N–H and O–H groups in total. The van der Waals surface area contributed by atoms with Crippen molar-refractivity contribution in [3.8, 4) is 11.5 Å². The lowest BCUT2D eigenvalue weighted by molar-refractivity contribution is -0.142. The highest BCUT2D eigenvalue weighted by molar-refractivity contribution is 5.30. The number of halogens is 3. The second kappa shape index (κ2) is 8.52. The number of aromatic nitrogens is 1. The quantitative estimate of drug-likeness (QED) is 0.777. The van der Waals surface area contributed by atoms with Crippen molar-refractivity contribution in [2.75, 3.05) is 19.7 Å². The van der Waals surface area contributed by atoms with Gasteiger partial charge in [-0.05, 0) is 29.8 Å². The van der Waals surface area contributed by atoms with E-state index in [1.807, 2.05) is 4.90 Å². The molecule has 5 nitrogen and oxygen atoms in total. The molecule has 0 radical (unpaired) electrons. The zero-order valence-corrected chi connectivity index (χ0v) is 15.2. The van der Waals surface area contributed by atoms with Crippen LogP contribution in [-0.4, -0.2) is 40.8 Å². The van der Waals surface area contributed by atoms with Gasteiger partial charge in [0.2, 0.25) is 0 Å². The Kier molecular flexibility index (Phi) is 6.08. The van der Waals surface area contributed by atoms with Crippen LogP contribution < -0.4 is 9.47 Å². The topological polar surface area (TPSA) is 54.8 Å². The molecule has 1 aromatic heterocycles. The SMILES string of the molecule is C=C(COc1ccc(CO)cc1)N1CCC(Oc2cccnc2C(F)(F)F)C1. The van der Waals surface area contributed by atoms with Gasteiger partial charge in [-0.1, -0.05) is 18.7 Å². The average Bonchev–Trinajstić information content (AvgIpc) is 3.14. The van der Waals surface area contributed by atoms with Crippen LogP contribution in [0.3, 0.4) is 0 Å². The van der Waals surface area contributed by atoms with E-state index in [9.17, 15) is 13.2 Å². The molecule has 0 spiro atoms. The highest BCUT2D eigenvalue weighted by Gasteiger charge is 2.37. The van der Waals surface area contributed by atoms with E-state index in [2.05, 4.69) is 11.6 Å². The summed E-state index contributed by atoms with van der Waals surface area (Å²) >= 11 is 0. The van der Waals surface area contributed by atoms with E-state index in [1.54, 1.807) is 24.3 Å². The molecule has 0 aliphatic carbocycles. The van der Waals surface area contributed by atoms with Gasteiger partial charge >= 0.3 is 6.18 Å². The molecule has 8 heteroatoms. The van der Waals surface area contributed by atoms with Crippen molar-refractivity contribution in [2.24, 2.45) is 0 Å². The van der Waals surface area contributed by atoms with Gasteiger partial charge < -0.3 is 19.5 Å². The Morgan fingerprint density at radius 2 is 2.00 bits per heavy atom. The molecule has 1 atom stereocenters. The first-order valence-electron chi connectivity index (χ1n) is 8.81. The summed E-state index contributed by atoms with van der Waals surface area (Å²) in [5.74, 6) is 0.392. The molecule has 2 aromatic rings. The maximum Gasteiger partial charge on any atom is 0.437 e. The Morgan fingerprint density at radius 1 is 1.25 bits per heavy atom. The molecule has 1 unspecified atom stereocenters. The lowest BCUT2D eigenvalue weighted by Gasteiger charge is -2.22. The molecule has 2 heterocycles. The first-order valence-corrected chi connectivity index (χ1v) is 8.81. The fourth-order valence-electron chi connectivity index (χ4n) is 2.94. The molecule has 0 bridgehead atoms. The van der Waals surface area contributed by atoms with Crippen LogP contribution in [-0.2, 0) is 12.8 Å². The second-order valence-corrected chi connectivity index (χ2v) is 6.48. The molecule has 1 aliphatic heterocycles. The minimum Gasteiger partial charge on any atom is -0.487 e. The Hall–Kier alpha value is -2.74. The van der Waals surface area contributed by atoms with Crippen LogP contribution in [0.1, 0.15) is 17.7 Å². The zero-order chi connectivity index (χ0) is 20.1. The Labute approximate surface area is 161 Å². The molecule has 1 fully saturated rings. The van der Waals surface area contributed by atoms with E-state index in [0.717, 1.165) is 17.5 Å². The number of benzene rings is 1. The molecule has 1 aliphatic rings. The van der Waals surface area contributed by atoms with Gasteiger partial charge in [-0.2, -0.15) is 13.2 Å². The number of pyridine rings is 1. The number of aliphatic hydroxyl groups excluding tert-OH is 1. The lowest BCUT2D eigenvalue weighted by Crippen LogP contribution is -2.27. The number of nitrogens with zero attached hydrogens (tertiary/aromatic N) is 2. The molecule has 28 heavy (non-hydrogen) atoms. The van der Waals surface area contributed by atoms with Gasteiger partial charge in [0.25, 0.3) is 0 Å². The predicted molar refractivity (Wildman–Crippen MR) is 96.8 cm³/mol. The summed E-state index contributed by atoms with van der Waals surface area (Å²) < 4.78 is 50.4. The fourth-order valence-corrected chi connectivity index (χ4v) is 2.94. The minimum absolute atomic E-state index is 0.0326.